The van der Waals surface area contributed by atoms with Gasteiger partial charge >= 0.3 is 0 Å². The maximum Gasteiger partial charge on any atom is 0.295 e. The molecule has 0 N–H and O–H groups in total. The van der Waals surface area contributed by atoms with E-state index >= 15 is 0 Å². The molecule has 2 aromatic heterocycles. The summed E-state index contributed by atoms with van der Waals surface area (Å²) in [5, 5.41) is 4.18. The van der Waals surface area contributed by atoms with Crippen molar-refractivity contribution in [3.05, 3.63) is 58.9 Å². The summed E-state index contributed by atoms with van der Waals surface area (Å²) in [6.45, 7) is 19.6. The van der Waals surface area contributed by atoms with Gasteiger partial charge in [0.15, 0.2) is 5.69 Å². The van der Waals surface area contributed by atoms with E-state index in [0.717, 1.165) is 0 Å². The third kappa shape index (κ3) is 4.37. The van der Waals surface area contributed by atoms with E-state index < -0.39 is 0 Å². The molecule has 184 valence electrons. The molecule has 2 heterocycles. The van der Waals surface area contributed by atoms with Crippen molar-refractivity contribution in [2.75, 3.05) is 0 Å². The van der Waals surface area contributed by atoms with Gasteiger partial charge in [-0.15, -0.1) is 0 Å². The lowest BCUT2D eigenvalue weighted by Gasteiger charge is -2.22. The van der Waals surface area contributed by atoms with Gasteiger partial charge in [0.2, 0.25) is 0 Å². The molecule has 0 bridgehead atoms. The van der Waals surface area contributed by atoms with Crippen molar-refractivity contribution in [3.8, 4) is 0 Å². The predicted molar refractivity (Wildman–Crippen MR) is 150 cm³/mol. The fraction of sp³-hybridized carbons (Fsp3) is 0.531. The number of nitrogens with zero attached hydrogens (tertiary/aromatic N) is 2. The zero-order chi connectivity index (χ0) is 25.2. The van der Waals surface area contributed by atoms with E-state index in [1.807, 2.05) is 27.7 Å². The summed E-state index contributed by atoms with van der Waals surface area (Å²) in [7, 11) is 2.28. The van der Waals surface area contributed by atoms with Crippen LogP contribution < -0.4 is 4.40 Å². The van der Waals surface area contributed by atoms with E-state index in [1.54, 1.807) is 5.69 Å². The van der Waals surface area contributed by atoms with Crippen molar-refractivity contribution in [3.63, 3.8) is 0 Å². The second-order valence-corrected chi connectivity index (χ2v) is 10.5. The summed E-state index contributed by atoms with van der Waals surface area (Å²) in [5.74, 6) is 0.662. The molecule has 0 saturated heterocycles. The number of hydrogen-bond acceptors (Lipinski definition) is 0. The molecule has 34 heavy (non-hydrogen) atoms. The zero-order valence-electron chi connectivity index (χ0n) is 23.5. The van der Waals surface area contributed by atoms with Gasteiger partial charge in [-0.2, -0.15) is 4.40 Å². The summed E-state index contributed by atoms with van der Waals surface area (Å²) in [6.07, 6.45) is 6.75. The highest BCUT2D eigenvalue weighted by Crippen LogP contribution is 2.39. The van der Waals surface area contributed by atoms with Gasteiger partial charge in [-0.3, -0.25) is 0 Å². The van der Waals surface area contributed by atoms with Crippen molar-refractivity contribution in [2.45, 2.75) is 106 Å². The first-order valence-corrected chi connectivity index (χ1v) is 13.7. The summed E-state index contributed by atoms with van der Waals surface area (Å²) >= 11 is 0. The van der Waals surface area contributed by atoms with Crippen LogP contribution in [0.25, 0.3) is 27.3 Å². The highest BCUT2D eigenvalue weighted by Gasteiger charge is 2.33. The van der Waals surface area contributed by atoms with Crippen molar-refractivity contribution >= 4 is 27.3 Å². The Morgan fingerprint density at radius 3 is 2.12 bits per heavy atom. The first kappa shape index (κ1) is 26.3. The van der Waals surface area contributed by atoms with Crippen molar-refractivity contribution in [1.82, 2.24) is 4.57 Å². The average Bonchev–Trinajstić information content (AvgIpc) is 3.12. The van der Waals surface area contributed by atoms with E-state index in [0.29, 0.717) is 5.92 Å². The van der Waals surface area contributed by atoms with Crippen molar-refractivity contribution < 1.29 is 4.40 Å². The lowest BCUT2D eigenvalue weighted by Crippen LogP contribution is -2.30. The van der Waals surface area contributed by atoms with Gasteiger partial charge < -0.3 is 0 Å². The maximum absolute atomic E-state index is 2.64. The van der Waals surface area contributed by atoms with E-state index in [2.05, 4.69) is 87.0 Å². The lowest BCUT2D eigenvalue weighted by molar-refractivity contribution is -0.492. The molecule has 0 spiro atoms. The fourth-order valence-electron chi connectivity index (χ4n) is 5.83. The number of aromatic nitrogens is 2. The summed E-state index contributed by atoms with van der Waals surface area (Å²) < 4.78 is 5.12. The van der Waals surface area contributed by atoms with Crippen LogP contribution in [-0.4, -0.2) is 4.57 Å². The number of pyridine rings is 1. The Kier molecular flexibility index (Phi) is 8.11. The fourth-order valence-corrected chi connectivity index (χ4v) is 5.83. The van der Waals surface area contributed by atoms with Crippen LogP contribution in [0.4, 0.5) is 0 Å². The van der Waals surface area contributed by atoms with Crippen LogP contribution in [0.5, 0.6) is 0 Å². The second kappa shape index (κ2) is 10.5. The number of rotatable bonds is 1. The lowest BCUT2D eigenvalue weighted by atomic mass is 9.83. The first-order valence-electron chi connectivity index (χ1n) is 13.7. The molecule has 0 atom stereocenters. The molecule has 2 nitrogen and oxygen atoms in total. The number of fused-ring (bicyclic) bond motifs is 6. The Morgan fingerprint density at radius 1 is 0.853 bits per heavy atom. The van der Waals surface area contributed by atoms with Gasteiger partial charge in [0.05, 0.1) is 12.4 Å². The third-order valence-corrected chi connectivity index (χ3v) is 7.42. The summed E-state index contributed by atoms with van der Waals surface area (Å²) in [5.41, 5.74) is 8.58. The van der Waals surface area contributed by atoms with Crippen LogP contribution in [-0.2, 0) is 12.5 Å². The molecule has 0 unspecified atom stereocenters. The molecule has 1 saturated carbocycles. The number of hydrogen-bond donors (Lipinski definition) is 0. The van der Waals surface area contributed by atoms with Gasteiger partial charge in [0.25, 0.3) is 5.65 Å². The van der Waals surface area contributed by atoms with Crippen LogP contribution in [0.3, 0.4) is 0 Å². The average molecular weight is 460 g/mol. The largest absolute Gasteiger partial charge is 0.295 e. The van der Waals surface area contributed by atoms with Crippen molar-refractivity contribution in [2.24, 2.45) is 7.05 Å². The van der Waals surface area contributed by atoms with Gasteiger partial charge in [0, 0.05) is 23.6 Å². The first-order chi connectivity index (χ1) is 16.3. The minimum Gasteiger partial charge on any atom is -0.229 e. The Balaban J connectivity index is 0.000000771. The van der Waals surface area contributed by atoms with E-state index in [-0.39, 0.29) is 5.41 Å². The normalized spacial score (nSPS) is 14.6. The van der Waals surface area contributed by atoms with Gasteiger partial charge in [0.1, 0.15) is 11.2 Å². The highest BCUT2D eigenvalue weighted by atomic mass is 15.1. The summed E-state index contributed by atoms with van der Waals surface area (Å²) in [6, 6.07) is 13.9. The Labute approximate surface area is 208 Å². The van der Waals surface area contributed by atoms with E-state index in [1.165, 1.54) is 76.2 Å². The maximum atomic E-state index is 2.64. The molecule has 0 amide bonds. The molecule has 1 fully saturated rings. The molecule has 0 aliphatic heterocycles. The van der Waals surface area contributed by atoms with Gasteiger partial charge in [-0.05, 0) is 48.4 Å². The van der Waals surface area contributed by atoms with Gasteiger partial charge in [-0.1, -0.05) is 92.0 Å². The number of benzene rings is 2. The van der Waals surface area contributed by atoms with E-state index in [4.69, 9.17) is 0 Å². The molecule has 4 aromatic rings. The minimum absolute atomic E-state index is 0.0918. The standard InChI is InChI=1S/C28H35N2.2C2H6/c1-18-15-16-21-22-13-10-14-23(28(3,4)5)25(22)27-29(6)19(2)26(30(27)24(21)17-18)20-11-8-7-9-12-20;2*1-2/h10,13-17,20H,7-9,11-12H2,1-6H3;2*1-2H3/q+1;;. The molecular weight excluding hydrogens is 412 g/mol. The highest BCUT2D eigenvalue weighted by molar-refractivity contribution is 6.10. The quantitative estimate of drug-likeness (QED) is 0.198. The molecule has 0 radical (unpaired) electrons. The Morgan fingerprint density at radius 2 is 1.50 bits per heavy atom. The number of aryl methyl sites for hydroxylation is 2. The molecule has 2 aromatic carbocycles. The summed E-state index contributed by atoms with van der Waals surface area (Å²) in [4.78, 5) is 0. The third-order valence-electron chi connectivity index (χ3n) is 7.42. The Bertz CT molecular complexity index is 1280. The van der Waals surface area contributed by atoms with Gasteiger partial charge in [-0.25, -0.2) is 4.57 Å². The zero-order valence-corrected chi connectivity index (χ0v) is 23.5. The van der Waals surface area contributed by atoms with Crippen LogP contribution in [0, 0.1) is 13.8 Å². The van der Waals surface area contributed by atoms with Crippen LogP contribution in [0.2, 0.25) is 0 Å². The molecule has 5 rings (SSSR count). The molecule has 2 heteroatoms. The number of imidazole rings is 1. The molecular formula is C32H47N2+. The minimum atomic E-state index is 0.0918. The topological polar surface area (TPSA) is 9.03 Å². The van der Waals surface area contributed by atoms with Crippen LogP contribution in [0.15, 0.2) is 36.4 Å². The molecule has 1 aliphatic rings. The predicted octanol–water partition coefficient (Wildman–Crippen LogP) is 9.08. The van der Waals surface area contributed by atoms with Crippen LogP contribution in [0.1, 0.15) is 109 Å². The Hall–Kier alpha value is -2.35. The van der Waals surface area contributed by atoms with Crippen molar-refractivity contribution in [1.29, 1.82) is 0 Å². The van der Waals surface area contributed by atoms with Crippen LogP contribution >= 0.6 is 0 Å². The second-order valence-electron chi connectivity index (χ2n) is 10.5. The SMILES string of the molecule is CC.CC.Cc1ccc2c3cccc(C(C)(C)C)c3c3n(C)c(C)c(C4CCCCC4)[n+]3c2c1. The smallest absolute Gasteiger partial charge is 0.229 e. The monoisotopic (exact) mass is 459 g/mol. The van der Waals surface area contributed by atoms with E-state index in [9.17, 15) is 0 Å². The molecule has 1 aliphatic carbocycles.